The van der Waals surface area contributed by atoms with Gasteiger partial charge in [0, 0.05) is 13.5 Å². The van der Waals surface area contributed by atoms with Gasteiger partial charge in [0.2, 0.25) is 0 Å². The largest absolute Gasteiger partial charge is 0.486 e. The second-order valence-corrected chi connectivity index (χ2v) is 7.27. The maximum Gasteiger partial charge on any atom is 0.294 e. The molecule has 0 spiro atoms. The van der Waals surface area contributed by atoms with Gasteiger partial charge >= 0.3 is 0 Å². The predicted molar refractivity (Wildman–Crippen MR) is 88.8 cm³/mol. The number of ether oxygens (including phenoxy) is 1. The summed E-state index contributed by atoms with van der Waals surface area (Å²) in [5.41, 5.74) is 2.53. The van der Waals surface area contributed by atoms with Crippen molar-refractivity contribution in [2.75, 3.05) is 18.5 Å². The minimum Gasteiger partial charge on any atom is -0.486 e. The van der Waals surface area contributed by atoms with E-state index in [2.05, 4.69) is 4.90 Å². The highest BCUT2D eigenvalue weighted by Gasteiger charge is 2.25. The van der Waals surface area contributed by atoms with Crippen LogP contribution < -0.4 is 9.64 Å². The van der Waals surface area contributed by atoms with Crippen molar-refractivity contribution in [1.82, 2.24) is 0 Å². The number of hydrogen-bond donors (Lipinski definition) is 1. The summed E-state index contributed by atoms with van der Waals surface area (Å²) in [5, 5.41) is 0. The highest BCUT2D eigenvalue weighted by atomic mass is 32.2. The lowest BCUT2D eigenvalue weighted by molar-refractivity contribution is 0.195. The summed E-state index contributed by atoms with van der Waals surface area (Å²) in [6.07, 6.45) is 0.229. The van der Waals surface area contributed by atoms with Crippen molar-refractivity contribution in [2.45, 2.75) is 24.3 Å². The molecule has 0 aliphatic carbocycles. The van der Waals surface area contributed by atoms with Gasteiger partial charge in [0.05, 0.1) is 17.1 Å². The molecule has 1 aliphatic rings. The Hall–Kier alpha value is -2.05. The number of fused-ring (bicyclic) bond motifs is 1. The Bertz CT molecular complexity index is 832. The zero-order chi connectivity index (χ0) is 16.6. The Morgan fingerprint density at radius 1 is 1.26 bits per heavy atom. The molecule has 0 unspecified atom stereocenters. The quantitative estimate of drug-likeness (QED) is 0.875. The average molecular weight is 333 g/mol. The van der Waals surface area contributed by atoms with Crippen molar-refractivity contribution in [2.24, 2.45) is 0 Å². The van der Waals surface area contributed by atoms with E-state index in [4.69, 9.17) is 4.74 Å². The fraction of sp³-hybridized carbons (Fsp3) is 0.294. The Balaban J connectivity index is 1.91. The van der Waals surface area contributed by atoms with E-state index >= 15 is 0 Å². The first-order valence-electron chi connectivity index (χ1n) is 7.38. The molecular formula is C17H19NO4S. The lowest BCUT2D eigenvalue weighted by Crippen LogP contribution is -2.39. The number of benzene rings is 2. The minimum absolute atomic E-state index is 0.0480. The third kappa shape index (κ3) is 3.33. The van der Waals surface area contributed by atoms with Crippen molar-refractivity contribution in [3.05, 3.63) is 53.6 Å². The van der Waals surface area contributed by atoms with Crippen LogP contribution >= 0.6 is 0 Å². The number of rotatable bonds is 3. The molecule has 0 aromatic heterocycles. The third-order valence-corrected chi connectivity index (χ3v) is 4.94. The van der Waals surface area contributed by atoms with Gasteiger partial charge in [-0.15, -0.1) is 0 Å². The number of likely N-dealkylation sites (N-methyl/N-ethyl adjacent to an activating group) is 1. The van der Waals surface area contributed by atoms with Gasteiger partial charge in [-0.1, -0.05) is 29.8 Å². The molecule has 0 bridgehead atoms. The molecule has 6 heteroatoms. The molecular weight excluding hydrogens is 314 g/mol. The first-order valence-corrected chi connectivity index (χ1v) is 8.82. The van der Waals surface area contributed by atoms with E-state index in [1.54, 1.807) is 12.1 Å². The number of nitrogens with zero attached hydrogens (tertiary/aromatic N) is 1. The molecule has 23 heavy (non-hydrogen) atoms. The van der Waals surface area contributed by atoms with Crippen LogP contribution in [0.4, 0.5) is 5.69 Å². The van der Waals surface area contributed by atoms with E-state index in [0.717, 1.165) is 17.0 Å². The highest BCUT2D eigenvalue weighted by molar-refractivity contribution is 7.85. The van der Waals surface area contributed by atoms with Gasteiger partial charge in [0.15, 0.2) is 0 Å². The molecule has 1 aliphatic heterocycles. The molecule has 5 nitrogen and oxygen atoms in total. The summed E-state index contributed by atoms with van der Waals surface area (Å²) in [7, 11) is -2.26. The van der Waals surface area contributed by atoms with Gasteiger partial charge in [0.1, 0.15) is 11.9 Å². The molecule has 1 atom stereocenters. The smallest absolute Gasteiger partial charge is 0.294 e. The van der Waals surface area contributed by atoms with Crippen LogP contribution in [0.2, 0.25) is 0 Å². The second-order valence-electron chi connectivity index (χ2n) is 5.88. The number of aryl methyl sites for hydroxylation is 1. The van der Waals surface area contributed by atoms with Gasteiger partial charge in [0.25, 0.3) is 10.1 Å². The zero-order valence-electron chi connectivity index (χ0n) is 13.1. The van der Waals surface area contributed by atoms with E-state index in [9.17, 15) is 13.0 Å². The van der Waals surface area contributed by atoms with E-state index in [0.29, 0.717) is 18.5 Å². The molecule has 0 radical (unpaired) electrons. The van der Waals surface area contributed by atoms with Crippen molar-refractivity contribution >= 4 is 15.8 Å². The number of para-hydroxylation sites is 2. The molecule has 0 saturated carbocycles. The Labute approximate surface area is 136 Å². The van der Waals surface area contributed by atoms with Gasteiger partial charge in [-0.3, -0.25) is 4.55 Å². The van der Waals surface area contributed by atoms with Crippen LogP contribution in [-0.4, -0.2) is 32.7 Å². The molecule has 0 amide bonds. The van der Waals surface area contributed by atoms with Crippen LogP contribution in [0.25, 0.3) is 0 Å². The molecule has 2 aromatic rings. The maximum atomic E-state index is 11.6. The standard InChI is InChI=1S/C17H19NO4S/c1-12-7-8-17(23(19,20)21)13(9-12)10-14-11-18(2)15-5-3-4-6-16(15)22-14/h3-9,14H,10-11H2,1-2H3,(H,19,20,21)/t14-/m0/s1. The highest BCUT2D eigenvalue weighted by Crippen LogP contribution is 2.33. The summed E-state index contributed by atoms with van der Waals surface area (Å²) in [6.45, 7) is 2.54. The lowest BCUT2D eigenvalue weighted by atomic mass is 10.0. The fourth-order valence-corrected chi connectivity index (χ4v) is 3.68. The van der Waals surface area contributed by atoms with Crippen molar-refractivity contribution < 1.29 is 17.7 Å². The molecule has 0 saturated heterocycles. The topological polar surface area (TPSA) is 66.8 Å². The van der Waals surface area contributed by atoms with Crippen LogP contribution in [0, 0.1) is 6.92 Å². The van der Waals surface area contributed by atoms with Gasteiger partial charge < -0.3 is 9.64 Å². The monoisotopic (exact) mass is 333 g/mol. The predicted octanol–water partition coefficient (Wildman–Crippen LogP) is 2.68. The second kappa shape index (κ2) is 5.86. The lowest BCUT2D eigenvalue weighted by Gasteiger charge is -2.34. The van der Waals surface area contributed by atoms with E-state index in [-0.39, 0.29) is 11.0 Å². The van der Waals surface area contributed by atoms with E-state index in [1.807, 2.05) is 38.2 Å². The molecule has 2 aromatic carbocycles. The van der Waals surface area contributed by atoms with Crippen LogP contribution in [0.5, 0.6) is 5.75 Å². The zero-order valence-corrected chi connectivity index (χ0v) is 13.9. The van der Waals surface area contributed by atoms with E-state index in [1.165, 1.54) is 6.07 Å². The fourth-order valence-electron chi connectivity index (χ4n) is 2.96. The van der Waals surface area contributed by atoms with E-state index < -0.39 is 10.1 Å². The normalized spacial score (nSPS) is 17.5. The average Bonchev–Trinajstić information content (AvgIpc) is 2.46. The summed E-state index contributed by atoms with van der Waals surface area (Å²) in [5.74, 6) is 0.785. The third-order valence-electron chi connectivity index (χ3n) is 3.99. The summed E-state index contributed by atoms with van der Waals surface area (Å²) in [6, 6.07) is 12.7. The molecule has 122 valence electrons. The first-order chi connectivity index (χ1) is 10.8. The summed E-state index contributed by atoms with van der Waals surface area (Å²) in [4.78, 5) is 2.04. The van der Waals surface area contributed by atoms with Crippen molar-refractivity contribution in [1.29, 1.82) is 0 Å². The SMILES string of the molecule is Cc1ccc(S(=O)(=O)O)c(C[C@H]2CN(C)c3ccccc3O2)c1. The van der Waals surface area contributed by atoms with Crippen LogP contribution in [0.3, 0.4) is 0 Å². The van der Waals surface area contributed by atoms with Crippen molar-refractivity contribution in [3.8, 4) is 5.75 Å². The van der Waals surface area contributed by atoms with Crippen LogP contribution in [0.1, 0.15) is 11.1 Å². The van der Waals surface area contributed by atoms with Gasteiger partial charge in [-0.2, -0.15) is 8.42 Å². The van der Waals surface area contributed by atoms with Crippen LogP contribution in [0.15, 0.2) is 47.4 Å². The minimum atomic E-state index is -4.24. The number of anilines is 1. The summed E-state index contributed by atoms with van der Waals surface area (Å²) >= 11 is 0. The number of hydrogen-bond acceptors (Lipinski definition) is 4. The molecule has 0 fully saturated rings. The first kappa shape index (κ1) is 15.8. The Kier molecular flexibility index (Phi) is 4.04. The molecule has 3 rings (SSSR count). The summed E-state index contributed by atoms with van der Waals surface area (Å²) < 4.78 is 38.6. The van der Waals surface area contributed by atoms with Gasteiger partial charge in [-0.05, 0) is 30.7 Å². The molecule has 1 heterocycles. The molecule has 1 N–H and O–H groups in total. The Morgan fingerprint density at radius 3 is 2.74 bits per heavy atom. The van der Waals surface area contributed by atoms with Crippen molar-refractivity contribution in [3.63, 3.8) is 0 Å². The maximum absolute atomic E-state index is 11.6. The van der Waals surface area contributed by atoms with Gasteiger partial charge in [-0.25, -0.2) is 0 Å². The van der Waals surface area contributed by atoms with Crippen LogP contribution in [-0.2, 0) is 16.5 Å². The Morgan fingerprint density at radius 2 is 2.00 bits per heavy atom.